The monoisotopic (exact) mass is 359 g/mol. The number of anilines is 1. The third kappa shape index (κ3) is 2.83. The largest absolute Gasteiger partial charge is 0.465 e. The Balaban J connectivity index is 2.44. The molecule has 1 aliphatic rings. The summed E-state index contributed by atoms with van der Waals surface area (Å²) in [4.78, 5) is 25.6. The van der Waals surface area contributed by atoms with Gasteiger partial charge in [-0.25, -0.2) is 4.79 Å². The van der Waals surface area contributed by atoms with Gasteiger partial charge in [-0.05, 0) is 30.5 Å². The van der Waals surface area contributed by atoms with Gasteiger partial charge in [-0.3, -0.25) is 4.79 Å². The summed E-state index contributed by atoms with van der Waals surface area (Å²) in [7, 11) is 1.34. The van der Waals surface area contributed by atoms with E-state index in [1.54, 1.807) is 11.0 Å². The van der Waals surface area contributed by atoms with Crippen molar-refractivity contribution in [2.24, 2.45) is 5.92 Å². The highest BCUT2D eigenvalue weighted by Gasteiger charge is 2.31. The highest BCUT2D eigenvalue weighted by Crippen LogP contribution is 2.33. The number of alkyl halides is 1. The van der Waals surface area contributed by atoms with Crippen LogP contribution in [-0.2, 0) is 9.53 Å². The van der Waals surface area contributed by atoms with E-state index in [2.05, 4.69) is 15.9 Å². The molecule has 20 heavy (non-hydrogen) atoms. The van der Waals surface area contributed by atoms with Crippen molar-refractivity contribution in [2.75, 3.05) is 24.4 Å². The van der Waals surface area contributed by atoms with Gasteiger partial charge in [0.15, 0.2) is 0 Å². The lowest BCUT2D eigenvalue weighted by molar-refractivity contribution is -0.117. The first-order valence-corrected chi connectivity index (χ1v) is 7.55. The lowest BCUT2D eigenvalue weighted by Gasteiger charge is -2.21. The number of hydrogen-bond donors (Lipinski definition) is 0. The lowest BCUT2D eigenvalue weighted by atomic mass is 10.1. The molecule has 6 heteroatoms. The van der Waals surface area contributed by atoms with Crippen molar-refractivity contribution in [3.05, 3.63) is 27.7 Å². The molecule has 4 nitrogen and oxygen atoms in total. The number of ether oxygens (including phenoxy) is 1. The zero-order chi connectivity index (χ0) is 14.9. The van der Waals surface area contributed by atoms with Crippen LogP contribution in [0, 0.1) is 12.8 Å². The summed E-state index contributed by atoms with van der Waals surface area (Å²) in [5.41, 5.74) is 1.93. The van der Waals surface area contributed by atoms with Gasteiger partial charge in [0, 0.05) is 29.0 Å². The summed E-state index contributed by atoms with van der Waals surface area (Å²) >= 11 is 9.21. The van der Waals surface area contributed by atoms with Crippen molar-refractivity contribution in [1.82, 2.24) is 0 Å². The minimum Gasteiger partial charge on any atom is -0.465 e. The van der Waals surface area contributed by atoms with Crippen LogP contribution >= 0.6 is 27.5 Å². The molecule has 1 amide bonds. The first-order chi connectivity index (χ1) is 9.47. The van der Waals surface area contributed by atoms with Crippen molar-refractivity contribution in [1.29, 1.82) is 0 Å². The maximum atomic E-state index is 12.1. The molecule has 108 valence electrons. The summed E-state index contributed by atoms with van der Waals surface area (Å²) in [5, 5.41) is 0. The van der Waals surface area contributed by atoms with Gasteiger partial charge in [0.1, 0.15) is 0 Å². The third-order valence-electron chi connectivity index (χ3n) is 3.46. The molecule has 0 aromatic heterocycles. The molecule has 2 rings (SSSR count). The standard InChI is InChI=1S/C14H15BrClNO3/c1-8-11(14(19)20-2)4-10(15)5-12(8)17-7-9(6-16)3-13(17)18/h4-5,9H,3,6-7H2,1-2H3. The molecule has 0 radical (unpaired) electrons. The predicted molar refractivity (Wildman–Crippen MR) is 81.4 cm³/mol. The van der Waals surface area contributed by atoms with Gasteiger partial charge >= 0.3 is 5.97 Å². The van der Waals surface area contributed by atoms with Crippen LogP contribution in [0.2, 0.25) is 0 Å². The first-order valence-electron chi connectivity index (χ1n) is 6.22. The Kier molecular flexibility index (Phi) is 4.70. The van der Waals surface area contributed by atoms with Crippen molar-refractivity contribution < 1.29 is 14.3 Å². The number of methoxy groups -OCH3 is 1. The Morgan fingerprint density at radius 1 is 1.55 bits per heavy atom. The molecule has 1 aromatic carbocycles. The average molecular weight is 361 g/mol. The van der Waals surface area contributed by atoms with Crippen molar-refractivity contribution in [3.8, 4) is 0 Å². The molecular weight excluding hydrogens is 346 g/mol. The summed E-state index contributed by atoms with van der Waals surface area (Å²) in [6.45, 7) is 2.40. The highest BCUT2D eigenvalue weighted by atomic mass is 79.9. The second-order valence-electron chi connectivity index (χ2n) is 4.82. The van der Waals surface area contributed by atoms with Crippen LogP contribution in [-0.4, -0.2) is 31.4 Å². The molecule has 1 aromatic rings. The van der Waals surface area contributed by atoms with E-state index < -0.39 is 5.97 Å². The van der Waals surface area contributed by atoms with Crippen LogP contribution < -0.4 is 4.90 Å². The average Bonchev–Trinajstić information content (AvgIpc) is 2.81. The van der Waals surface area contributed by atoms with Crippen molar-refractivity contribution in [3.63, 3.8) is 0 Å². The number of nitrogens with zero attached hydrogens (tertiary/aromatic N) is 1. The normalized spacial score (nSPS) is 18.5. The molecule has 1 heterocycles. The summed E-state index contributed by atoms with van der Waals surface area (Å²) in [6.07, 6.45) is 0.447. The maximum absolute atomic E-state index is 12.1. The van der Waals surface area contributed by atoms with E-state index >= 15 is 0 Å². The number of esters is 1. The molecule has 1 saturated heterocycles. The van der Waals surface area contributed by atoms with Crippen molar-refractivity contribution >= 4 is 45.1 Å². The molecule has 1 atom stereocenters. The minimum absolute atomic E-state index is 0.0349. The molecule has 1 aliphatic heterocycles. The molecule has 0 spiro atoms. The zero-order valence-corrected chi connectivity index (χ0v) is 13.6. The van der Waals surface area contributed by atoms with Gasteiger partial charge in [0.05, 0.1) is 12.7 Å². The summed E-state index contributed by atoms with van der Waals surface area (Å²) in [5.74, 6) is 0.237. The van der Waals surface area contributed by atoms with Crippen LogP contribution in [0.5, 0.6) is 0 Å². The van der Waals surface area contributed by atoms with Crippen LogP contribution in [0.15, 0.2) is 16.6 Å². The van der Waals surface area contributed by atoms with Crippen LogP contribution in [0.1, 0.15) is 22.3 Å². The fourth-order valence-electron chi connectivity index (χ4n) is 2.38. The fraction of sp³-hybridized carbons (Fsp3) is 0.429. The van der Waals surface area contributed by atoms with E-state index in [1.807, 2.05) is 13.0 Å². The number of carbonyl (C=O) groups is 2. The Morgan fingerprint density at radius 3 is 2.80 bits per heavy atom. The van der Waals surface area contributed by atoms with E-state index in [4.69, 9.17) is 16.3 Å². The van der Waals surface area contributed by atoms with E-state index in [-0.39, 0.29) is 11.8 Å². The zero-order valence-electron chi connectivity index (χ0n) is 11.3. The van der Waals surface area contributed by atoms with Crippen LogP contribution in [0.4, 0.5) is 5.69 Å². The molecule has 1 unspecified atom stereocenters. The SMILES string of the molecule is COC(=O)c1cc(Br)cc(N2CC(CCl)CC2=O)c1C. The number of halogens is 2. The second kappa shape index (κ2) is 6.14. The highest BCUT2D eigenvalue weighted by molar-refractivity contribution is 9.10. The quantitative estimate of drug-likeness (QED) is 0.614. The van der Waals surface area contributed by atoms with Gasteiger partial charge in [-0.1, -0.05) is 15.9 Å². The Morgan fingerprint density at radius 2 is 2.25 bits per heavy atom. The summed E-state index contributed by atoms with van der Waals surface area (Å²) < 4.78 is 5.51. The van der Waals surface area contributed by atoms with Gasteiger partial charge in [0.25, 0.3) is 0 Å². The molecule has 0 aliphatic carbocycles. The number of carbonyl (C=O) groups excluding carboxylic acids is 2. The first kappa shape index (κ1) is 15.3. The van der Waals surface area contributed by atoms with E-state index in [0.29, 0.717) is 24.4 Å². The van der Waals surface area contributed by atoms with Crippen LogP contribution in [0.3, 0.4) is 0 Å². The van der Waals surface area contributed by atoms with Gasteiger partial charge in [-0.15, -0.1) is 11.6 Å². The Hall–Kier alpha value is -1.07. The third-order valence-corrected chi connectivity index (χ3v) is 4.36. The van der Waals surface area contributed by atoms with Crippen molar-refractivity contribution in [2.45, 2.75) is 13.3 Å². The Labute approximate surface area is 131 Å². The van der Waals surface area contributed by atoms with E-state index in [1.165, 1.54) is 7.11 Å². The van der Waals surface area contributed by atoms with Gasteiger partial charge in [0.2, 0.25) is 5.91 Å². The number of hydrogen-bond acceptors (Lipinski definition) is 3. The second-order valence-corrected chi connectivity index (χ2v) is 6.04. The number of rotatable bonds is 3. The molecule has 0 N–H and O–H groups in total. The molecular formula is C14H15BrClNO3. The van der Waals surface area contributed by atoms with Gasteiger partial charge in [-0.2, -0.15) is 0 Å². The molecule has 1 fully saturated rings. The lowest BCUT2D eigenvalue weighted by Crippen LogP contribution is -2.26. The van der Waals surface area contributed by atoms with E-state index in [9.17, 15) is 9.59 Å². The van der Waals surface area contributed by atoms with E-state index in [0.717, 1.165) is 15.7 Å². The maximum Gasteiger partial charge on any atom is 0.338 e. The number of benzene rings is 1. The predicted octanol–water partition coefficient (Wildman–Crippen LogP) is 3.14. The molecule has 0 bridgehead atoms. The van der Waals surface area contributed by atoms with Gasteiger partial charge < -0.3 is 9.64 Å². The minimum atomic E-state index is -0.411. The smallest absolute Gasteiger partial charge is 0.338 e. The summed E-state index contributed by atoms with van der Waals surface area (Å²) in [6, 6.07) is 3.54. The van der Waals surface area contributed by atoms with Crippen LogP contribution in [0.25, 0.3) is 0 Å². The Bertz CT molecular complexity index is 562. The topological polar surface area (TPSA) is 46.6 Å². The fourth-order valence-corrected chi connectivity index (χ4v) is 3.04. The number of amides is 1. The molecule has 0 saturated carbocycles.